The highest BCUT2D eigenvalue weighted by molar-refractivity contribution is 7.92. The number of rotatable bonds is 13. The molecule has 1 fully saturated rings. The summed E-state index contributed by atoms with van der Waals surface area (Å²) in [6.45, 7) is 5.05. The fourth-order valence-corrected chi connectivity index (χ4v) is 7.28. The van der Waals surface area contributed by atoms with Crippen molar-refractivity contribution in [2.75, 3.05) is 42.1 Å². The number of anilines is 2. The van der Waals surface area contributed by atoms with Crippen LogP contribution in [0.4, 0.5) is 20.2 Å². The molecule has 0 aromatic heterocycles. The lowest BCUT2D eigenvalue weighted by atomic mass is 10.0. The van der Waals surface area contributed by atoms with Crippen LogP contribution in [0.2, 0.25) is 0 Å². The maximum Gasteiger partial charge on any atom is 0.321 e. The van der Waals surface area contributed by atoms with E-state index in [9.17, 15) is 40.6 Å². The van der Waals surface area contributed by atoms with Crippen molar-refractivity contribution < 1.29 is 45.4 Å². The van der Waals surface area contributed by atoms with Gasteiger partial charge < -0.3 is 25.2 Å². The van der Waals surface area contributed by atoms with Crippen LogP contribution in [0.5, 0.6) is 5.75 Å². The first-order chi connectivity index (χ1) is 22.8. The van der Waals surface area contributed by atoms with Crippen LogP contribution in [-0.2, 0) is 36.1 Å². The largest absolute Gasteiger partial charge is 0.506 e. The number of phenols is 1. The normalized spacial score (nSPS) is 15.3. The number of sulfonamides is 2. The highest BCUT2D eigenvalue weighted by Gasteiger charge is 2.30. The Morgan fingerprint density at radius 2 is 1.67 bits per heavy atom. The number of ether oxygens (including phenoxy) is 1. The van der Waals surface area contributed by atoms with Crippen LogP contribution >= 0.6 is 0 Å². The number of hydrogen-bond donors (Lipinski definition) is 4. The number of aliphatic hydroxyl groups excluding tert-OH is 1. The Morgan fingerprint density at radius 1 is 1.02 bits per heavy atom. The van der Waals surface area contributed by atoms with Gasteiger partial charge >= 0.3 is 5.97 Å². The average Bonchev–Trinajstić information content (AvgIpc) is 3.01. The van der Waals surface area contributed by atoms with Crippen LogP contribution in [0.15, 0.2) is 65.6 Å². The molecular formula is C33H42F2N4O8S2. The summed E-state index contributed by atoms with van der Waals surface area (Å²) in [6.07, 6.45) is 1.43. The number of nitrogens with one attached hydrogen (secondary N) is 2. The van der Waals surface area contributed by atoms with Crippen molar-refractivity contribution in [1.82, 2.24) is 9.62 Å². The molecule has 12 nitrogen and oxygen atoms in total. The van der Waals surface area contributed by atoms with Gasteiger partial charge in [0.25, 0.3) is 0 Å². The number of esters is 1. The van der Waals surface area contributed by atoms with Crippen LogP contribution in [0.3, 0.4) is 0 Å². The van der Waals surface area contributed by atoms with E-state index in [2.05, 4.69) is 14.9 Å². The lowest BCUT2D eigenvalue weighted by Crippen LogP contribution is -2.43. The van der Waals surface area contributed by atoms with Crippen molar-refractivity contribution in [3.05, 3.63) is 83.4 Å². The molecule has 1 aliphatic rings. The number of piperidine rings is 1. The van der Waals surface area contributed by atoms with Gasteiger partial charge in [0.15, 0.2) is 0 Å². The van der Waals surface area contributed by atoms with Gasteiger partial charge in [0.2, 0.25) is 20.0 Å². The van der Waals surface area contributed by atoms with Gasteiger partial charge in [-0.3, -0.25) is 9.52 Å². The van der Waals surface area contributed by atoms with Gasteiger partial charge in [0, 0.05) is 43.5 Å². The highest BCUT2D eigenvalue weighted by Crippen LogP contribution is 2.29. The molecule has 4 N–H and O–H groups in total. The van der Waals surface area contributed by atoms with E-state index in [1.807, 2.05) is 0 Å². The van der Waals surface area contributed by atoms with Gasteiger partial charge in [-0.05, 0) is 93.8 Å². The summed E-state index contributed by atoms with van der Waals surface area (Å²) in [4.78, 5) is 14.6. The Labute approximate surface area is 285 Å². The van der Waals surface area contributed by atoms with Crippen molar-refractivity contribution >= 4 is 37.4 Å². The predicted octanol–water partition coefficient (Wildman–Crippen LogP) is 3.87. The first-order valence-corrected chi connectivity index (χ1v) is 18.9. The van der Waals surface area contributed by atoms with E-state index in [0.29, 0.717) is 31.5 Å². The summed E-state index contributed by atoms with van der Waals surface area (Å²) in [5.74, 6) is -2.67. The SMILES string of the molecule is CC(C)(C)OC(=O)CN(Cc1cc(F)ccc1F)S(=O)(=O)c1ccc(N2CCC(NC[C@@H](O)c3ccc(O)c(NS(C)(=O)=O)c3)CC2)cc1. The zero-order valence-corrected chi connectivity index (χ0v) is 29.3. The van der Waals surface area contributed by atoms with E-state index >= 15 is 0 Å². The lowest BCUT2D eigenvalue weighted by molar-refractivity contribution is -0.155. The lowest BCUT2D eigenvalue weighted by Gasteiger charge is -2.34. The van der Waals surface area contributed by atoms with Gasteiger partial charge in [-0.2, -0.15) is 4.31 Å². The Balaban J connectivity index is 1.38. The van der Waals surface area contributed by atoms with Crippen LogP contribution in [0.25, 0.3) is 0 Å². The van der Waals surface area contributed by atoms with Crippen molar-refractivity contribution in [2.45, 2.75) is 62.8 Å². The molecular weight excluding hydrogens is 683 g/mol. The molecule has 1 aliphatic heterocycles. The van der Waals surface area contributed by atoms with Crippen LogP contribution in [0, 0.1) is 11.6 Å². The average molecular weight is 725 g/mol. The predicted molar refractivity (Wildman–Crippen MR) is 181 cm³/mol. The molecule has 0 saturated carbocycles. The van der Waals surface area contributed by atoms with E-state index in [1.165, 1.54) is 30.3 Å². The quantitative estimate of drug-likeness (QED) is 0.150. The molecule has 0 spiro atoms. The van der Waals surface area contributed by atoms with E-state index in [1.54, 1.807) is 32.9 Å². The molecule has 268 valence electrons. The Morgan fingerprint density at radius 3 is 2.29 bits per heavy atom. The van der Waals surface area contributed by atoms with Gasteiger partial charge in [0.05, 0.1) is 22.9 Å². The molecule has 3 aromatic carbocycles. The fourth-order valence-electron chi connectivity index (χ4n) is 5.36. The monoisotopic (exact) mass is 724 g/mol. The minimum Gasteiger partial charge on any atom is -0.506 e. The fraction of sp³-hybridized carbons (Fsp3) is 0.424. The van der Waals surface area contributed by atoms with Crippen molar-refractivity contribution in [1.29, 1.82) is 0 Å². The summed E-state index contributed by atoms with van der Waals surface area (Å²) >= 11 is 0. The van der Waals surface area contributed by atoms with Crippen molar-refractivity contribution in [3.8, 4) is 5.75 Å². The minimum absolute atomic E-state index is 0.0255. The molecule has 1 atom stereocenters. The number of phenolic OH excluding ortho intramolecular Hbond substituents is 1. The van der Waals surface area contributed by atoms with Gasteiger partial charge in [0.1, 0.15) is 29.5 Å². The number of aliphatic hydroxyl groups is 1. The summed E-state index contributed by atoms with van der Waals surface area (Å²) in [6, 6.07) is 13.1. The summed E-state index contributed by atoms with van der Waals surface area (Å²) in [7, 11) is -7.97. The highest BCUT2D eigenvalue weighted by atomic mass is 32.2. The number of nitrogens with zero attached hydrogens (tertiary/aromatic N) is 2. The number of hydrogen-bond acceptors (Lipinski definition) is 10. The second-order valence-corrected chi connectivity index (χ2v) is 16.6. The molecule has 1 heterocycles. The second kappa shape index (κ2) is 15.4. The number of carbonyl (C=O) groups is 1. The maximum absolute atomic E-state index is 14.5. The molecule has 49 heavy (non-hydrogen) atoms. The van der Waals surface area contributed by atoms with Crippen LogP contribution in [-0.4, -0.2) is 81.4 Å². The maximum atomic E-state index is 14.5. The summed E-state index contributed by atoms with van der Waals surface area (Å²) in [5, 5.41) is 24.0. The Kier molecular flexibility index (Phi) is 11.9. The molecule has 0 bridgehead atoms. The third-order valence-corrected chi connectivity index (χ3v) is 10.1. The Bertz CT molecular complexity index is 1850. The standard InChI is InChI=1S/C33H42F2N4O8S2/c1-33(2,3)47-32(42)21-39(20-23-17-24(34)6-11-28(23)35)49(45,46)27-9-7-26(8-10-27)38-15-13-25(14-16-38)36-19-31(41)22-5-12-30(40)29(18-22)37-48(4,43)44/h5-12,17-18,25,31,36-37,40-41H,13-16,19-21H2,1-4H3/t31-/m1/s1. The minimum atomic E-state index is -4.34. The smallest absolute Gasteiger partial charge is 0.321 e. The van der Waals surface area contributed by atoms with Crippen molar-refractivity contribution in [2.24, 2.45) is 0 Å². The summed E-state index contributed by atoms with van der Waals surface area (Å²) in [5.41, 5.74) is 0.0424. The first kappa shape index (κ1) is 38.0. The number of aromatic hydroxyl groups is 1. The molecule has 3 aromatic rings. The van der Waals surface area contributed by atoms with E-state index in [0.717, 1.165) is 34.4 Å². The molecule has 0 unspecified atom stereocenters. The Hall–Kier alpha value is -3.83. The number of carbonyl (C=O) groups excluding carboxylic acids is 1. The number of benzene rings is 3. The molecule has 4 rings (SSSR count). The van der Waals surface area contributed by atoms with Crippen molar-refractivity contribution in [3.63, 3.8) is 0 Å². The van der Waals surface area contributed by atoms with Crippen LogP contribution < -0.4 is 14.9 Å². The van der Waals surface area contributed by atoms with E-state index in [4.69, 9.17) is 4.74 Å². The van der Waals surface area contributed by atoms with Gasteiger partial charge in [-0.15, -0.1) is 0 Å². The second-order valence-electron chi connectivity index (χ2n) is 12.9. The van der Waals surface area contributed by atoms with Gasteiger partial charge in [-0.25, -0.2) is 25.6 Å². The van der Waals surface area contributed by atoms with Gasteiger partial charge in [-0.1, -0.05) is 6.07 Å². The molecule has 1 saturated heterocycles. The topological polar surface area (TPSA) is 166 Å². The van der Waals surface area contributed by atoms with E-state index < -0.39 is 62.4 Å². The molecule has 16 heteroatoms. The molecule has 0 aliphatic carbocycles. The summed E-state index contributed by atoms with van der Waals surface area (Å²) < 4.78 is 87.2. The number of halogens is 2. The molecule has 0 radical (unpaired) electrons. The zero-order valence-electron chi connectivity index (χ0n) is 27.7. The third kappa shape index (κ3) is 10.8. The van der Waals surface area contributed by atoms with E-state index in [-0.39, 0.29) is 34.5 Å². The van der Waals surface area contributed by atoms with Crippen LogP contribution in [0.1, 0.15) is 50.8 Å². The zero-order chi connectivity index (χ0) is 36.1. The first-order valence-electron chi connectivity index (χ1n) is 15.5. The third-order valence-electron chi connectivity index (χ3n) is 7.72. The molecule has 0 amide bonds.